The van der Waals surface area contributed by atoms with Gasteiger partial charge in [-0.3, -0.25) is 16.0 Å². The van der Waals surface area contributed by atoms with Crippen LogP contribution in [0.25, 0.3) is 0 Å². The van der Waals surface area contributed by atoms with Crippen molar-refractivity contribution in [3.05, 3.63) is 28.3 Å². The Morgan fingerprint density at radius 3 is 2.81 bits per heavy atom. The SMILES string of the molecule is CC1COCCN1S(=O)(=O)c1cc([N+](=O)[O-])ccc1NN. The van der Waals surface area contributed by atoms with Crippen LogP contribution in [0.2, 0.25) is 0 Å². The van der Waals surface area contributed by atoms with Gasteiger partial charge in [-0.25, -0.2) is 8.42 Å². The van der Waals surface area contributed by atoms with E-state index in [1.165, 1.54) is 16.4 Å². The normalized spacial score (nSPS) is 20.2. The largest absolute Gasteiger partial charge is 0.378 e. The van der Waals surface area contributed by atoms with Gasteiger partial charge in [-0.05, 0) is 13.0 Å². The van der Waals surface area contributed by atoms with E-state index in [1.807, 2.05) is 0 Å². The van der Waals surface area contributed by atoms with E-state index in [0.29, 0.717) is 0 Å². The molecule has 1 fully saturated rings. The summed E-state index contributed by atoms with van der Waals surface area (Å²) >= 11 is 0. The monoisotopic (exact) mass is 316 g/mol. The van der Waals surface area contributed by atoms with Crippen LogP contribution in [0, 0.1) is 10.1 Å². The van der Waals surface area contributed by atoms with Crippen LogP contribution >= 0.6 is 0 Å². The number of rotatable bonds is 4. The fraction of sp³-hybridized carbons (Fsp3) is 0.455. The number of nitrogens with one attached hydrogen (secondary N) is 1. The Bertz CT molecular complexity index is 648. The van der Waals surface area contributed by atoms with Crippen molar-refractivity contribution in [3.8, 4) is 0 Å². The quantitative estimate of drug-likeness (QED) is 0.464. The summed E-state index contributed by atoms with van der Waals surface area (Å²) in [6.45, 7) is 2.46. The Hall–Kier alpha value is -1.75. The number of hydrazine groups is 1. The number of nitrogens with zero attached hydrogens (tertiary/aromatic N) is 2. The van der Waals surface area contributed by atoms with Crippen LogP contribution in [0.5, 0.6) is 0 Å². The first-order valence-corrected chi connectivity index (χ1v) is 7.66. The van der Waals surface area contributed by atoms with E-state index in [4.69, 9.17) is 10.6 Å². The summed E-state index contributed by atoms with van der Waals surface area (Å²) in [6, 6.07) is 3.12. The minimum Gasteiger partial charge on any atom is -0.378 e. The van der Waals surface area contributed by atoms with E-state index in [9.17, 15) is 18.5 Å². The summed E-state index contributed by atoms with van der Waals surface area (Å²) in [4.78, 5) is 9.98. The van der Waals surface area contributed by atoms with Gasteiger partial charge in [0.25, 0.3) is 5.69 Å². The van der Waals surface area contributed by atoms with Crippen molar-refractivity contribution in [2.45, 2.75) is 17.9 Å². The first-order valence-electron chi connectivity index (χ1n) is 6.22. The van der Waals surface area contributed by atoms with Crippen molar-refractivity contribution in [2.75, 3.05) is 25.2 Å². The van der Waals surface area contributed by atoms with E-state index in [2.05, 4.69) is 5.43 Å². The number of morpholine rings is 1. The van der Waals surface area contributed by atoms with Gasteiger partial charge < -0.3 is 10.2 Å². The highest BCUT2D eigenvalue weighted by atomic mass is 32.2. The molecule has 1 unspecified atom stereocenters. The molecule has 0 radical (unpaired) electrons. The molecule has 0 aromatic heterocycles. The lowest BCUT2D eigenvalue weighted by molar-refractivity contribution is -0.385. The van der Waals surface area contributed by atoms with E-state index in [-0.39, 0.29) is 42.1 Å². The van der Waals surface area contributed by atoms with Gasteiger partial charge in [0.05, 0.1) is 23.8 Å². The molecule has 116 valence electrons. The lowest BCUT2D eigenvalue weighted by atomic mass is 10.3. The summed E-state index contributed by atoms with van der Waals surface area (Å²) in [5.41, 5.74) is 2.06. The number of non-ortho nitro benzene ring substituents is 1. The van der Waals surface area contributed by atoms with E-state index >= 15 is 0 Å². The number of nitrogens with two attached hydrogens (primary N) is 1. The Morgan fingerprint density at radius 1 is 1.52 bits per heavy atom. The number of hydrogen-bond donors (Lipinski definition) is 2. The molecule has 21 heavy (non-hydrogen) atoms. The fourth-order valence-corrected chi connectivity index (χ4v) is 3.93. The van der Waals surface area contributed by atoms with Gasteiger partial charge in [-0.2, -0.15) is 4.31 Å². The molecular formula is C11H16N4O5S. The predicted molar refractivity (Wildman–Crippen MR) is 75.1 cm³/mol. The van der Waals surface area contributed by atoms with Crippen molar-refractivity contribution in [2.24, 2.45) is 5.84 Å². The van der Waals surface area contributed by atoms with Crippen LogP contribution in [0.1, 0.15) is 6.92 Å². The highest BCUT2D eigenvalue weighted by Crippen LogP contribution is 2.30. The maximum Gasteiger partial charge on any atom is 0.270 e. The lowest BCUT2D eigenvalue weighted by Gasteiger charge is -2.32. The van der Waals surface area contributed by atoms with E-state index in [1.54, 1.807) is 6.92 Å². The molecule has 1 aliphatic rings. The van der Waals surface area contributed by atoms with E-state index in [0.717, 1.165) is 6.07 Å². The Kier molecular flexibility index (Phi) is 4.42. The van der Waals surface area contributed by atoms with Crippen LogP contribution in [0.4, 0.5) is 11.4 Å². The Labute approximate surface area is 121 Å². The first-order chi connectivity index (χ1) is 9.87. The number of anilines is 1. The molecule has 1 atom stereocenters. The van der Waals surface area contributed by atoms with Crippen LogP contribution in [0.3, 0.4) is 0 Å². The molecular weight excluding hydrogens is 300 g/mol. The third-order valence-corrected chi connectivity index (χ3v) is 5.28. The van der Waals surface area contributed by atoms with Crippen LogP contribution in [-0.4, -0.2) is 43.4 Å². The molecule has 0 saturated carbocycles. The van der Waals surface area contributed by atoms with Gasteiger partial charge >= 0.3 is 0 Å². The summed E-state index contributed by atoms with van der Waals surface area (Å²) in [5, 5.41) is 10.8. The van der Waals surface area contributed by atoms with Gasteiger partial charge in [-0.1, -0.05) is 0 Å². The molecule has 1 aromatic rings. The molecule has 0 amide bonds. The van der Waals surface area contributed by atoms with Gasteiger partial charge in [0, 0.05) is 24.7 Å². The molecule has 10 heteroatoms. The van der Waals surface area contributed by atoms with Crippen LogP contribution < -0.4 is 11.3 Å². The van der Waals surface area contributed by atoms with Crippen molar-refractivity contribution in [1.29, 1.82) is 0 Å². The second-order valence-corrected chi connectivity index (χ2v) is 6.48. The number of nitro groups is 1. The van der Waals surface area contributed by atoms with Crippen LogP contribution in [-0.2, 0) is 14.8 Å². The third-order valence-electron chi connectivity index (χ3n) is 3.22. The third kappa shape index (κ3) is 2.97. The Morgan fingerprint density at radius 2 is 2.24 bits per heavy atom. The summed E-state index contributed by atoms with van der Waals surface area (Å²) in [5.74, 6) is 5.31. The highest BCUT2D eigenvalue weighted by Gasteiger charge is 2.34. The zero-order valence-corrected chi connectivity index (χ0v) is 12.2. The second-order valence-electron chi connectivity index (χ2n) is 4.62. The molecule has 1 aromatic carbocycles. The Balaban J connectivity index is 2.52. The van der Waals surface area contributed by atoms with Crippen molar-refractivity contribution < 1.29 is 18.1 Å². The topological polar surface area (TPSA) is 128 Å². The summed E-state index contributed by atoms with van der Waals surface area (Å²) < 4.78 is 31.9. The fourth-order valence-electron chi connectivity index (χ4n) is 2.15. The molecule has 9 nitrogen and oxygen atoms in total. The number of nitro benzene ring substituents is 1. The number of hydrogen-bond acceptors (Lipinski definition) is 7. The summed E-state index contributed by atoms with van der Waals surface area (Å²) in [7, 11) is -3.90. The average Bonchev–Trinajstić information content (AvgIpc) is 2.46. The molecule has 2 rings (SSSR count). The molecule has 0 spiro atoms. The van der Waals surface area contributed by atoms with Gasteiger partial charge in [0.15, 0.2) is 0 Å². The minimum absolute atomic E-state index is 0.110. The molecule has 0 aliphatic carbocycles. The standard InChI is InChI=1S/C11H16N4O5S/c1-8-7-20-5-4-14(8)21(18,19)11-6-9(15(16)17)2-3-10(11)13-12/h2-3,6,8,13H,4-5,7,12H2,1H3. The molecule has 1 aliphatic heterocycles. The van der Waals surface area contributed by atoms with Gasteiger partial charge in [0.1, 0.15) is 4.90 Å². The predicted octanol–water partition coefficient (Wildman–Crippen LogP) is 0.290. The average molecular weight is 316 g/mol. The van der Waals surface area contributed by atoms with Crippen molar-refractivity contribution in [1.82, 2.24) is 4.31 Å². The number of nitrogen functional groups attached to an aromatic ring is 1. The van der Waals surface area contributed by atoms with Crippen molar-refractivity contribution >= 4 is 21.4 Å². The first kappa shape index (κ1) is 15.6. The second kappa shape index (κ2) is 5.93. The van der Waals surface area contributed by atoms with Crippen LogP contribution in [0.15, 0.2) is 23.1 Å². The summed E-state index contributed by atoms with van der Waals surface area (Å²) in [6.07, 6.45) is 0. The highest BCUT2D eigenvalue weighted by molar-refractivity contribution is 7.89. The zero-order valence-electron chi connectivity index (χ0n) is 11.4. The molecule has 1 saturated heterocycles. The smallest absolute Gasteiger partial charge is 0.270 e. The molecule has 3 N–H and O–H groups in total. The number of sulfonamides is 1. The van der Waals surface area contributed by atoms with Crippen molar-refractivity contribution in [3.63, 3.8) is 0 Å². The maximum atomic E-state index is 12.7. The maximum absolute atomic E-state index is 12.7. The zero-order chi connectivity index (χ0) is 15.6. The van der Waals surface area contributed by atoms with Gasteiger partial charge in [-0.15, -0.1) is 0 Å². The van der Waals surface area contributed by atoms with E-state index < -0.39 is 14.9 Å². The minimum atomic E-state index is -3.90. The lowest BCUT2D eigenvalue weighted by Crippen LogP contribution is -2.47. The molecule has 1 heterocycles. The number of ether oxygens (including phenoxy) is 1. The number of benzene rings is 1. The molecule has 0 bridgehead atoms. The van der Waals surface area contributed by atoms with Gasteiger partial charge in [0.2, 0.25) is 10.0 Å².